The second-order valence-corrected chi connectivity index (χ2v) is 5.18. The van der Waals surface area contributed by atoms with Gasteiger partial charge in [-0.1, -0.05) is 0 Å². The largest absolute Gasteiger partial charge is 0.479 e. The van der Waals surface area contributed by atoms with Gasteiger partial charge in [0, 0.05) is 45.2 Å². The van der Waals surface area contributed by atoms with E-state index in [1.165, 1.54) is 0 Å². The minimum Gasteiger partial charge on any atom is -0.479 e. The number of carbonyl (C=O) groups excluding carboxylic acids is 1. The van der Waals surface area contributed by atoms with Gasteiger partial charge in [-0.2, -0.15) is 0 Å². The fraction of sp³-hybridized carbons (Fsp3) is 0.833. The van der Waals surface area contributed by atoms with Crippen molar-refractivity contribution < 1.29 is 19.8 Å². The second-order valence-electron chi connectivity index (χ2n) is 5.18. The van der Waals surface area contributed by atoms with E-state index in [1.807, 2.05) is 14.1 Å². The Morgan fingerprint density at radius 3 is 2.65 bits per heavy atom. The van der Waals surface area contributed by atoms with Crippen molar-refractivity contribution in [2.45, 2.75) is 18.6 Å². The van der Waals surface area contributed by atoms with Gasteiger partial charge in [-0.25, -0.2) is 9.59 Å². The van der Waals surface area contributed by atoms with E-state index in [-0.39, 0.29) is 25.0 Å². The van der Waals surface area contributed by atoms with Crippen LogP contribution in [0.25, 0.3) is 0 Å². The molecule has 116 valence electrons. The molecule has 0 aromatic heterocycles. The van der Waals surface area contributed by atoms with Crippen LogP contribution in [0.2, 0.25) is 0 Å². The van der Waals surface area contributed by atoms with Gasteiger partial charge >= 0.3 is 12.0 Å². The van der Waals surface area contributed by atoms with Crippen molar-refractivity contribution in [1.82, 2.24) is 20.4 Å². The Hall–Kier alpha value is -1.38. The average molecular weight is 288 g/mol. The number of aliphatic carboxylic acids is 1. The number of piperazine rings is 1. The van der Waals surface area contributed by atoms with Gasteiger partial charge in [0.05, 0.1) is 0 Å². The number of hydrogen-bond donors (Lipinski definition) is 4. The first-order valence-electron chi connectivity index (χ1n) is 6.71. The quantitative estimate of drug-likeness (QED) is 0.467. The van der Waals surface area contributed by atoms with Crippen molar-refractivity contribution in [2.75, 3.05) is 46.8 Å². The molecule has 1 aliphatic heterocycles. The van der Waals surface area contributed by atoms with E-state index in [4.69, 9.17) is 10.2 Å². The van der Waals surface area contributed by atoms with Crippen molar-refractivity contribution in [3.05, 3.63) is 0 Å². The summed E-state index contributed by atoms with van der Waals surface area (Å²) in [5.41, 5.74) is 0. The standard InChI is InChI=1S/C12H24N4O4/c1-15-5-6-16(2)9(8-15)7-14-12(20)13-4-3-10(17)11(18)19/h9-10,17H,3-8H2,1-2H3,(H,18,19)(H2,13,14,20)/t9?,10-/m0/s1. The van der Waals surface area contributed by atoms with Gasteiger partial charge in [0.1, 0.15) is 0 Å². The molecule has 1 fully saturated rings. The molecular formula is C12H24N4O4. The maximum atomic E-state index is 11.5. The number of hydrogen-bond acceptors (Lipinski definition) is 5. The molecule has 0 aliphatic carbocycles. The van der Waals surface area contributed by atoms with Gasteiger partial charge in [-0.05, 0) is 14.1 Å². The maximum absolute atomic E-state index is 11.5. The van der Waals surface area contributed by atoms with Crippen LogP contribution in [0.4, 0.5) is 4.79 Å². The number of nitrogens with one attached hydrogen (secondary N) is 2. The topological polar surface area (TPSA) is 105 Å². The third-order valence-corrected chi connectivity index (χ3v) is 3.47. The Morgan fingerprint density at radius 1 is 1.30 bits per heavy atom. The highest BCUT2D eigenvalue weighted by Crippen LogP contribution is 2.04. The smallest absolute Gasteiger partial charge is 0.332 e. The molecule has 0 saturated carbocycles. The van der Waals surface area contributed by atoms with Crippen LogP contribution in [-0.2, 0) is 4.79 Å². The number of aliphatic hydroxyl groups is 1. The lowest BCUT2D eigenvalue weighted by Crippen LogP contribution is -2.55. The fourth-order valence-electron chi connectivity index (χ4n) is 2.04. The van der Waals surface area contributed by atoms with Crippen molar-refractivity contribution in [1.29, 1.82) is 0 Å². The molecule has 1 heterocycles. The second kappa shape index (κ2) is 8.03. The number of rotatable bonds is 6. The van der Waals surface area contributed by atoms with Crippen LogP contribution in [0.3, 0.4) is 0 Å². The first-order chi connectivity index (χ1) is 9.40. The predicted octanol–water partition coefficient (Wildman–Crippen LogP) is -1.63. The monoisotopic (exact) mass is 288 g/mol. The Bertz CT molecular complexity index is 339. The summed E-state index contributed by atoms with van der Waals surface area (Å²) in [7, 11) is 4.08. The Balaban J connectivity index is 2.17. The molecule has 0 radical (unpaired) electrons. The van der Waals surface area contributed by atoms with Crippen LogP contribution in [0, 0.1) is 0 Å². The van der Waals surface area contributed by atoms with E-state index in [2.05, 4.69) is 20.4 Å². The molecule has 8 nitrogen and oxygen atoms in total. The molecule has 2 atom stereocenters. The number of aliphatic hydroxyl groups excluding tert-OH is 1. The van der Waals surface area contributed by atoms with Crippen LogP contribution in [0.1, 0.15) is 6.42 Å². The summed E-state index contributed by atoms with van der Waals surface area (Å²) in [4.78, 5) is 26.3. The number of amides is 2. The van der Waals surface area contributed by atoms with Crippen LogP contribution in [0.5, 0.6) is 0 Å². The molecule has 4 N–H and O–H groups in total. The van der Waals surface area contributed by atoms with Crippen molar-refractivity contribution >= 4 is 12.0 Å². The number of carbonyl (C=O) groups is 2. The van der Waals surface area contributed by atoms with Gasteiger partial charge in [0.25, 0.3) is 0 Å². The summed E-state index contributed by atoms with van der Waals surface area (Å²) in [6.07, 6.45) is -1.44. The number of nitrogens with zero attached hydrogens (tertiary/aromatic N) is 2. The number of carboxylic acid groups (broad SMARTS) is 1. The zero-order chi connectivity index (χ0) is 15.1. The van der Waals surface area contributed by atoms with Crippen molar-refractivity contribution in [2.24, 2.45) is 0 Å². The lowest BCUT2D eigenvalue weighted by molar-refractivity contribution is -0.146. The minimum atomic E-state index is -1.44. The minimum absolute atomic E-state index is 0.00514. The number of carboxylic acids is 1. The molecule has 0 aromatic rings. The van der Waals surface area contributed by atoms with Gasteiger partial charge in [-0.3, -0.25) is 4.90 Å². The third kappa shape index (κ3) is 5.72. The van der Waals surface area contributed by atoms with Gasteiger partial charge < -0.3 is 25.7 Å². The number of likely N-dealkylation sites (N-methyl/N-ethyl adjacent to an activating group) is 2. The predicted molar refractivity (Wildman–Crippen MR) is 73.6 cm³/mol. The first kappa shape index (κ1) is 16.7. The highest BCUT2D eigenvalue weighted by atomic mass is 16.4. The summed E-state index contributed by atoms with van der Waals surface area (Å²) >= 11 is 0. The Kier molecular flexibility index (Phi) is 6.69. The fourth-order valence-corrected chi connectivity index (χ4v) is 2.04. The molecule has 0 bridgehead atoms. The third-order valence-electron chi connectivity index (χ3n) is 3.47. The van der Waals surface area contributed by atoms with E-state index in [1.54, 1.807) is 0 Å². The molecule has 0 aromatic carbocycles. The van der Waals surface area contributed by atoms with Crippen LogP contribution < -0.4 is 10.6 Å². The zero-order valence-electron chi connectivity index (χ0n) is 12.0. The normalized spacial score (nSPS) is 22.2. The Morgan fingerprint density at radius 2 is 2.00 bits per heavy atom. The summed E-state index contributed by atoms with van der Waals surface area (Å²) in [6.45, 7) is 3.55. The highest BCUT2D eigenvalue weighted by Gasteiger charge is 2.22. The zero-order valence-corrected chi connectivity index (χ0v) is 12.0. The van der Waals surface area contributed by atoms with E-state index in [9.17, 15) is 9.59 Å². The molecular weight excluding hydrogens is 264 g/mol. The number of urea groups is 1. The average Bonchev–Trinajstić information content (AvgIpc) is 2.39. The molecule has 1 unspecified atom stereocenters. The van der Waals surface area contributed by atoms with Gasteiger partial charge in [0.2, 0.25) is 0 Å². The first-order valence-corrected chi connectivity index (χ1v) is 6.71. The van der Waals surface area contributed by atoms with Crippen LogP contribution in [-0.4, -0.2) is 91.0 Å². The molecule has 8 heteroatoms. The van der Waals surface area contributed by atoms with Crippen LogP contribution in [0.15, 0.2) is 0 Å². The molecule has 1 saturated heterocycles. The molecule has 20 heavy (non-hydrogen) atoms. The molecule has 2 amide bonds. The lowest BCUT2D eigenvalue weighted by atomic mass is 10.2. The van der Waals surface area contributed by atoms with Crippen LogP contribution >= 0.6 is 0 Å². The molecule has 1 rings (SSSR count). The molecule has 1 aliphatic rings. The molecule has 0 spiro atoms. The summed E-state index contributed by atoms with van der Waals surface area (Å²) in [5.74, 6) is -1.28. The van der Waals surface area contributed by atoms with E-state index >= 15 is 0 Å². The summed E-state index contributed by atoms with van der Waals surface area (Å²) in [6, 6.07) is -0.0756. The van der Waals surface area contributed by atoms with Crippen molar-refractivity contribution in [3.8, 4) is 0 Å². The van der Waals surface area contributed by atoms with Gasteiger partial charge in [-0.15, -0.1) is 0 Å². The van der Waals surface area contributed by atoms with Crippen molar-refractivity contribution in [3.63, 3.8) is 0 Å². The summed E-state index contributed by atoms with van der Waals surface area (Å²) in [5, 5.41) is 22.8. The SMILES string of the molecule is CN1CCN(C)C(CNC(=O)NCC[C@H](O)C(=O)O)C1. The summed E-state index contributed by atoms with van der Waals surface area (Å²) < 4.78 is 0. The van der Waals surface area contributed by atoms with E-state index < -0.39 is 12.1 Å². The maximum Gasteiger partial charge on any atom is 0.332 e. The van der Waals surface area contributed by atoms with Gasteiger partial charge in [0.15, 0.2) is 6.10 Å². The van der Waals surface area contributed by atoms with E-state index in [0.29, 0.717) is 6.54 Å². The Labute approximate surface area is 118 Å². The van der Waals surface area contributed by atoms with E-state index in [0.717, 1.165) is 19.6 Å². The highest BCUT2D eigenvalue weighted by molar-refractivity contribution is 5.74. The lowest BCUT2D eigenvalue weighted by Gasteiger charge is -2.37.